The van der Waals surface area contributed by atoms with Crippen LogP contribution in [0.1, 0.15) is 35.7 Å². The molecule has 156 valence electrons. The Morgan fingerprint density at radius 1 is 1.23 bits per heavy atom. The lowest BCUT2D eigenvalue weighted by atomic mass is 10.1. The van der Waals surface area contributed by atoms with E-state index < -0.39 is 16.8 Å². The van der Waals surface area contributed by atoms with Crippen LogP contribution in [0.4, 0.5) is 5.69 Å². The quantitative estimate of drug-likeness (QED) is 0.323. The number of hydrogen-bond acceptors (Lipinski definition) is 6. The molecule has 0 aliphatic rings. The van der Waals surface area contributed by atoms with E-state index in [0.717, 1.165) is 29.5 Å². The average Bonchev–Trinajstić information content (AvgIpc) is 3.08. The summed E-state index contributed by atoms with van der Waals surface area (Å²) in [5.41, 5.74) is 1.87. The fraction of sp³-hybridized carbons (Fsp3) is 0.286. The number of fused-ring (bicyclic) bond motifs is 1. The summed E-state index contributed by atoms with van der Waals surface area (Å²) < 4.78 is 7.31. The number of non-ortho nitro benzene ring substituents is 1. The second kappa shape index (κ2) is 9.45. The number of carbonyl (C=O) groups excluding carboxylic acids is 2. The second-order valence-electron chi connectivity index (χ2n) is 6.68. The van der Waals surface area contributed by atoms with Crippen LogP contribution in [0.5, 0.6) is 0 Å². The van der Waals surface area contributed by atoms with Crippen molar-refractivity contribution < 1.29 is 19.2 Å². The summed E-state index contributed by atoms with van der Waals surface area (Å²) in [5, 5.41) is 11.0. The summed E-state index contributed by atoms with van der Waals surface area (Å²) >= 11 is 1.29. The van der Waals surface area contributed by atoms with Crippen molar-refractivity contribution in [1.82, 2.24) is 4.57 Å². The van der Waals surface area contributed by atoms with Crippen LogP contribution in [0.15, 0.2) is 47.5 Å². The first-order valence-electron chi connectivity index (χ1n) is 9.45. The van der Waals surface area contributed by atoms with E-state index in [1.807, 2.05) is 18.2 Å². The number of nitrogens with zero attached hydrogens (tertiary/aromatic N) is 3. The van der Waals surface area contributed by atoms with Gasteiger partial charge in [-0.15, -0.1) is 0 Å². The molecule has 1 aromatic heterocycles. The molecule has 1 amide bonds. The number of benzene rings is 2. The van der Waals surface area contributed by atoms with Crippen LogP contribution in [-0.2, 0) is 22.5 Å². The maximum Gasteiger partial charge on any atom is 0.325 e. The van der Waals surface area contributed by atoms with Gasteiger partial charge in [-0.3, -0.25) is 19.7 Å². The van der Waals surface area contributed by atoms with E-state index in [4.69, 9.17) is 4.74 Å². The minimum Gasteiger partial charge on any atom is -0.468 e. The molecule has 0 unspecified atom stereocenters. The number of esters is 1. The first kappa shape index (κ1) is 21.4. The highest BCUT2D eigenvalue weighted by Gasteiger charge is 2.15. The molecule has 2 aromatic carbocycles. The van der Waals surface area contributed by atoms with Gasteiger partial charge in [0.1, 0.15) is 6.54 Å². The molecule has 0 saturated carbocycles. The van der Waals surface area contributed by atoms with Crippen LogP contribution in [0, 0.1) is 10.1 Å². The maximum absolute atomic E-state index is 12.7. The van der Waals surface area contributed by atoms with Crippen molar-refractivity contribution in [3.63, 3.8) is 0 Å². The Kier molecular flexibility index (Phi) is 6.73. The molecule has 1 heterocycles. The summed E-state index contributed by atoms with van der Waals surface area (Å²) in [4.78, 5) is 39.5. The summed E-state index contributed by atoms with van der Waals surface area (Å²) in [6, 6.07) is 11.4. The Labute approximate surface area is 176 Å². The van der Waals surface area contributed by atoms with Crippen LogP contribution in [0.3, 0.4) is 0 Å². The Morgan fingerprint density at radius 2 is 2.03 bits per heavy atom. The number of thiazole rings is 1. The molecule has 0 atom stereocenters. The van der Waals surface area contributed by atoms with Gasteiger partial charge in [0.05, 0.1) is 22.2 Å². The molecule has 0 aliphatic heterocycles. The van der Waals surface area contributed by atoms with Gasteiger partial charge in [0.15, 0.2) is 4.80 Å². The summed E-state index contributed by atoms with van der Waals surface area (Å²) in [6.45, 7) is 2.04. The van der Waals surface area contributed by atoms with Crippen molar-refractivity contribution in [3.05, 3.63) is 68.5 Å². The minimum absolute atomic E-state index is 0.0914. The molecule has 3 rings (SSSR count). The van der Waals surface area contributed by atoms with E-state index in [-0.39, 0.29) is 17.8 Å². The largest absolute Gasteiger partial charge is 0.468 e. The van der Waals surface area contributed by atoms with Gasteiger partial charge in [0.25, 0.3) is 11.6 Å². The van der Waals surface area contributed by atoms with E-state index in [9.17, 15) is 19.7 Å². The lowest BCUT2D eigenvalue weighted by Gasteiger charge is -2.05. The average molecular weight is 427 g/mol. The van der Waals surface area contributed by atoms with E-state index in [0.29, 0.717) is 4.80 Å². The predicted octanol–water partition coefficient (Wildman–Crippen LogP) is 3.87. The first-order chi connectivity index (χ1) is 14.4. The predicted molar refractivity (Wildman–Crippen MR) is 113 cm³/mol. The standard InChI is InChI=1S/C21H21N3O5S/c1-3-4-6-14-9-10-17-18(11-14)30-21(23(17)13-19(25)29-2)22-20(26)15-7-5-8-16(12-15)24(27)28/h5,7-12H,3-4,6,13H2,1-2H3. The lowest BCUT2D eigenvalue weighted by Crippen LogP contribution is -2.22. The molecule has 0 fully saturated rings. The highest BCUT2D eigenvalue weighted by molar-refractivity contribution is 7.16. The Morgan fingerprint density at radius 3 is 2.73 bits per heavy atom. The van der Waals surface area contributed by atoms with Crippen molar-refractivity contribution in [2.24, 2.45) is 4.99 Å². The highest BCUT2D eigenvalue weighted by atomic mass is 32.1. The van der Waals surface area contributed by atoms with E-state index >= 15 is 0 Å². The monoisotopic (exact) mass is 427 g/mol. The lowest BCUT2D eigenvalue weighted by molar-refractivity contribution is -0.384. The Balaban J connectivity index is 2.08. The molecule has 8 nitrogen and oxygen atoms in total. The van der Waals surface area contributed by atoms with E-state index in [1.54, 1.807) is 4.57 Å². The van der Waals surface area contributed by atoms with Gasteiger partial charge in [-0.25, -0.2) is 0 Å². The molecule has 0 aliphatic carbocycles. The number of hydrogen-bond donors (Lipinski definition) is 0. The Hall–Kier alpha value is -3.33. The molecule has 0 radical (unpaired) electrons. The third-order valence-corrected chi connectivity index (χ3v) is 5.62. The van der Waals surface area contributed by atoms with Gasteiger partial charge in [-0.05, 0) is 36.6 Å². The summed E-state index contributed by atoms with van der Waals surface area (Å²) in [5.74, 6) is -1.08. The Bertz CT molecular complexity index is 1180. The fourth-order valence-corrected chi connectivity index (χ4v) is 4.08. The number of rotatable bonds is 7. The third-order valence-electron chi connectivity index (χ3n) is 4.58. The number of methoxy groups -OCH3 is 1. The number of aryl methyl sites for hydroxylation is 1. The van der Waals surface area contributed by atoms with Crippen molar-refractivity contribution in [2.45, 2.75) is 32.7 Å². The van der Waals surface area contributed by atoms with Crippen molar-refractivity contribution in [1.29, 1.82) is 0 Å². The molecule has 9 heteroatoms. The smallest absolute Gasteiger partial charge is 0.325 e. The van der Waals surface area contributed by atoms with E-state index in [2.05, 4.69) is 11.9 Å². The zero-order valence-electron chi connectivity index (χ0n) is 16.7. The maximum atomic E-state index is 12.7. The van der Waals surface area contributed by atoms with Gasteiger partial charge < -0.3 is 9.30 Å². The van der Waals surface area contributed by atoms with Crippen molar-refractivity contribution in [2.75, 3.05) is 7.11 Å². The molecule has 0 saturated heterocycles. The number of unbranched alkanes of at least 4 members (excludes halogenated alkanes) is 1. The van der Waals surface area contributed by atoms with E-state index in [1.165, 1.54) is 48.3 Å². The molecule has 0 bridgehead atoms. The highest BCUT2D eigenvalue weighted by Crippen LogP contribution is 2.21. The normalized spacial score (nSPS) is 11.6. The zero-order valence-corrected chi connectivity index (χ0v) is 17.5. The molecular weight excluding hydrogens is 406 g/mol. The van der Waals surface area contributed by atoms with Crippen LogP contribution < -0.4 is 4.80 Å². The molecular formula is C21H21N3O5S. The number of aromatic nitrogens is 1. The SMILES string of the molecule is CCCCc1ccc2c(c1)sc(=NC(=O)c1cccc([N+](=O)[O-])c1)n2CC(=O)OC. The van der Waals surface area contributed by atoms with Crippen molar-refractivity contribution in [3.8, 4) is 0 Å². The number of carbonyl (C=O) groups is 2. The van der Waals surface area contributed by atoms with Crippen LogP contribution in [-0.4, -0.2) is 28.5 Å². The summed E-state index contributed by atoms with van der Waals surface area (Å²) in [6.07, 6.45) is 3.10. The second-order valence-corrected chi connectivity index (χ2v) is 7.69. The number of nitro groups is 1. The fourth-order valence-electron chi connectivity index (χ4n) is 2.99. The number of nitro benzene ring substituents is 1. The van der Waals surface area contributed by atoms with Crippen molar-refractivity contribution >= 4 is 39.1 Å². The van der Waals surface area contributed by atoms with Gasteiger partial charge in [0, 0.05) is 17.7 Å². The third kappa shape index (κ3) is 4.80. The van der Waals surface area contributed by atoms with Gasteiger partial charge >= 0.3 is 5.97 Å². The minimum atomic E-state index is -0.616. The first-order valence-corrected chi connectivity index (χ1v) is 10.3. The van der Waals surface area contributed by atoms with Crippen LogP contribution in [0.2, 0.25) is 0 Å². The van der Waals surface area contributed by atoms with Gasteiger partial charge in [-0.1, -0.05) is 36.8 Å². The zero-order chi connectivity index (χ0) is 21.7. The molecule has 0 N–H and O–H groups in total. The molecule has 0 spiro atoms. The van der Waals surface area contributed by atoms with Gasteiger partial charge in [0.2, 0.25) is 0 Å². The molecule has 3 aromatic rings. The molecule has 30 heavy (non-hydrogen) atoms. The number of amides is 1. The summed E-state index contributed by atoms with van der Waals surface area (Å²) in [7, 11) is 1.30. The topological polar surface area (TPSA) is 104 Å². The van der Waals surface area contributed by atoms with Gasteiger partial charge in [-0.2, -0.15) is 4.99 Å². The van der Waals surface area contributed by atoms with Crippen LogP contribution in [0.25, 0.3) is 10.2 Å². The number of ether oxygens (including phenoxy) is 1. The van der Waals surface area contributed by atoms with Crippen LogP contribution >= 0.6 is 11.3 Å².